The van der Waals surface area contributed by atoms with Crippen LogP contribution in [-0.2, 0) is 0 Å². The Labute approximate surface area is 78.3 Å². The molecule has 0 fully saturated rings. The van der Waals surface area contributed by atoms with E-state index in [0.29, 0.717) is 6.61 Å². The minimum Gasteiger partial charge on any atom is -0.485 e. The molecule has 68 valence electrons. The zero-order chi connectivity index (χ0) is 9.42. The summed E-state index contributed by atoms with van der Waals surface area (Å²) in [6.07, 6.45) is 1.81. The minimum atomic E-state index is 0.594. The average molecular weight is 175 g/mol. The highest BCUT2D eigenvalue weighted by Crippen LogP contribution is 2.37. The predicted molar refractivity (Wildman–Crippen MR) is 54.3 cm³/mol. The number of nitrogens with zero attached hydrogens (tertiary/aromatic N) is 1. The number of aryl methyl sites for hydroxylation is 2. The van der Waals surface area contributed by atoms with Gasteiger partial charge < -0.3 is 4.74 Å². The summed E-state index contributed by atoms with van der Waals surface area (Å²) >= 11 is 0. The first-order valence-corrected chi connectivity index (χ1v) is 4.46. The van der Waals surface area contributed by atoms with Gasteiger partial charge in [-0.05, 0) is 37.5 Å². The molecule has 0 radical (unpaired) electrons. The quantitative estimate of drug-likeness (QED) is 0.594. The van der Waals surface area contributed by atoms with Gasteiger partial charge in [0, 0.05) is 6.21 Å². The van der Waals surface area contributed by atoms with Crippen LogP contribution >= 0.6 is 0 Å². The van der Waals surface area contributed by atoms with Crippen molar-refractivity contribution in [3.8, 4) is 5.75 Å². The number of fused-ring (bicyclic) bond motifs is 1. The zero-order valence-corrected chi connectivity index (χ0v) is 8.22. The number of hydrogen-bond acceptors (Lipinski definition) is 2. The Morgan fingerprint density at radius 2 is 2.00 bits per heavy atom. The first kappa shape index (κ1) is 8.30. The maximum absolute atomic E-state index is 5.57. The molecular weight excluding hydrogens is 162 g/mol. The van der Waals surface area contributed by atoms with E-state index in [1.807, 2.05) is 6.21 Å². The molecule has 1 aliphatic rings. The van der Waals surface area contributed by atoms with Crippen molar-refractivity contribution in [2.45, 2.75) is 20.8 Å². The molecule has 13 heavy (non-hydrogen) atoms. The molecule has 1 aromatic carbocycles. The van der Waals surface area contributed by atoms with Crippen LogP contribution in [0.25, 0.3) is 0 Å². The Balaban J connectivity index is 2.71. The van der Waals surface area contributed by atoms with E-state index in [1.165, 1.54) is 16.7 Å². The molecule has 0 saturated heterocycles. The van der Waals surface area contributed by atoms with Gasteiger partial charge >= 0.3 is 0 Å². The van der Waals surface area contributed by atoms with Crippen LogP contribution < -0.4 is 4.74 Å². The van der Waals surface area contributed by atoms with Gasteiger partial charge in [-0.15, -0.1) is 0 Å². The lowest BCUT2D eigenvalue weighted by Crippen LogP contribution is -2.06. The maximum atomic E-state index is 5.57. The molecule has 0 amide bonds. The van der Waals surface area contributed by atoms with Crippen molar-refractivity contribution in [3.05, 3.63) is 22.8 Å². The lowest BCUT2D eigenvalue weighted by molar-refractivity contribution is 0.373. The van der Waals surface area contributed by atoms with Gasteiger partial charge in [0.15, 0.2) is 0 Å². The van der Waals surface area contributed by atoms with Crippen molar-refractivity contribution in [2.75, 3.05) is 6.61 Å². The Hall–Kier alpha value is -1.31. The van der Waals surface area contributed by atoms with Crippen molar-refractivity contribution in [2.24, 2.45) is 4.99 Å². The van der Waals surface area contributed by atoms with Crippen LogP contribution in [0.1, 0.15) is 16.7 Å². The molecule has 0 saturated carbocycles. The fourth-order valence-corrected chi connectivity index (χ4v) is 1.62. The fourth-order valence-electron chi connectivity index (χ4n) is 1.62. The van der Waals surface area contributed by atoms with Crippen molar-refractivity contribution < 1.29 is 4.74 Å². The first-order valence-electron chi connectivity index (χ1n) is 4.46. The Morgan fingerprint density at radius 3 is 2.77 bits per heavy atom. The minimum absolute atomic E-state index is 0.594. The smallest absolute Gasteiger partial charge is 0.148 e. The molecular formula is C11H13NO. The van der Waals surface area contributed by atoms with Gasteiger partial charge in [-0.3, -0.25) is 4.99 Å². The van der Waals surface area contributed by atoms with E-state index in [2.05, 4.69) is 31.8 Å². The predicted octanol–water partition coefficient (Wildman–Crippen LogP) is 2.71. The number of aliphatic imine (C=N–C) groups is 1. The van der Waals surface area contributed by atoms with Gasteiger partial charge in [0.2, 0.25) is 0 Å². The molecule has 1 heterocycles. The molecule has 1 aromatic rings. The van der Waals surface area contributed by atoms with E-state index in [-0.39, 0.29) is 0 Å². The number of rotatable bonds is 0. The standard InChI is InChI=1S/C11H13NO/c1-7-6-8(2)10-11(9(7)3)13-5-4-12-10/h4,6H,5H2,1-3H3. The summed E-state index contributed by atoms with van der Waals surface area (Å²) in [5, 5.41) is 0. The summed E-state index contributed by atoms with van der Waals surface area (Å²) < 4.78 is 5.57. The third-order valence-corrected chi connectivity index (χ3v) is 2.48. The summed E-state index contributed by atoms with van der Waals surface area (Å²) in [5.41, 5.74) is 4.66. The Kier molecular flexibility index (Phi) is 1.83. The third-order valence-electron chi connectivity index (χ3n) is 2.48. The maximum Gasteiger partial charge on any atom is 0.148 e. The van der Waals surface area contributed by atoms with Crippen LogP contribution in [0.3, 0.4) is 0 Å². The summed E-state index contributed by atoms with van der Waals surface area (Å²) in [4.78, 5) is 4.34. The van der Waals surface area contributed by atoms with E-state index < -0.39 is 0 Å². The van der Waals surface area contributed by atoms with E-state index in [1.54, 1.807) is 0 Å². The summed E-state index contributed by atoms with van der Waals surface area (Å²) in [6.45, 7) is 6.84. The molecule has 1 aliphatic heterocycles. The molecule has 0 unspecified atom stereocenters. The molecule has 0 aromatic heterocycles. The Morgan fingerprint density at radius 1 is 1.23 bits per heavy atom. The molecule has 0 atom stereocenters. The summed E-state index contributed by atoms with van der Waals surface area (Å²) in [7, 11) is 0. The lowest BCUT2D eigenvalue weighted by atomic mass is 10.0. The van der Waals surface area contributed by atoms with Crippen LogP contribution in [0.5, 0.6) is 5.75 Å². The number of ether oxygens (including phenoxy) is 1. The normalized spacial score (nSPS) is 13.8. The molecule has 2 nitrogen and oxygen atoms in total. The van der Waals surface area contributed by atoms with Crippen molar-refractivity contribution in [1.82, 2.24) is 0 Å². The Bertz CT molecular complexity index is 380. The average Bonchev–Trinajstić information content (AvgIpc) is 2.15. The van der Waals surface area contributed by atoms with E-state index in [0.717, 1.165) is 11.4 Å². The van der Waals surface area contributed by atoms with Crippen LogP contribution in [-0.4, -0.2) is 12.8 Å². The molecule has 2 heteroatoms. The molecule has 0 bridgehead atoms. The number of benzene rings is 1. The van der Waals surface area contributed by atoms with Gasteiger partial charge in [-0.1, -0.05) is 6.07 Å². The topological polar surface area (TPSA) is 21.6 Å². The largest absolute Gasteiger partial charge is 0.485 e. The monoisotopic (exact) mass is 175 g/mol. The first-order chi connectivity index (χ1) is 6.20. The van der Waals surface area contributed by atoms with Gasteiger partial charge in [0.1, 0.15) is 18.0 Å². The van der Waals surface area contributed by atoms with Crippen LogP contribution in [0.4, 0.5) is 5.69 Å². The molecule has 2 rings (SSSR count). The van der Waals surface area contributed by atoms with Crippen LogP contribution in [0.15, 0.2) is 11.1 Å². The molecule has 0 aliphatic carbocycles. The van der Waals surface area contributed by atoms with Gasteiger partial charge in [0.25, 0.3) is 0 Å². The van der Waals surface area contributed by atoms with Crippen LogP contribution in [0, 0.1) is 20.8 Å². The second kappa shape index (κ2) is 2.87. The molecule has 0 spiro atoms. The van der Waals surface area contributed by atoms with E-state index in [9.17, 15) is 0 Å². The third kappa shape index (κ3) is 1.22. The molecule has 0 N–H and O–H groups in total. The highest BCUT2D eigenvalue weighted by atomic mass is 16.5. The van der Waals surface area contributed by atoms with Crippen molar-refractivity contribution >= 4 is 11.9 Å². The van der Waals surface area contributed by atoms with Crippen molar-refractivity contribution in [1.29, 1.82) is 0 Å². The fraction of sp³-hybridized carbons (Fsp3) is 0.364. The van der Waals surface area contributed by atoms with Crippen LogP contribution in [0.2, 0.25) is 0 Å². The van der Waals surface area contributed by atoms with Gasteiger partial charge in [-0.2, -0.15) is 0 Å². The van der Waals surface area contributed by atoms with E-state index in [4.69, 9.17) is 4.74 Å². The van der Waals surface area contributed by atoms with E-state index >= 15 is 0 Å². The highest BCUT2D eigenvalue weighted by Gasteiger charge is 2.14. The highest BCUT2D eigenvalue weighted by molar-refractivity contribution is 5.74. The second-order valence-corrected chi connectivity index (χ2v) is 3.44. The zero-order valence-electron chi connectivity index (χ0n) is 8.22. The SMILES string of the molecule is Cc1cc(C)c2c(c1C)OCC=N2. The van der Waals surface area contributed by atoms with Crippen molar-refractivity contribution in [3.63, 3.8) is 0 Å². The summed E-state index contributed by atoms with van der Waals surface area (Å²) in [5.74, 6) is 0.958. The van der Waals surface area contributed by atoms with Gasteiger partial charge in [-0.25, -0.2) is 0 Å². The summed E-state index contributed by atoms with van der Waals surface area (Å²) in [6, 6.07) is 2.15. The number of hydrogen-bond donors (Lipinski definition) is 0. The second-order valence-electron chi connectivity index (χ2n) is 3.44. The van der Waals surface area contributed by atoms with Gasteiger partial charge in [0.05, 0.1) is 0 Å². The lowest BCUT2D eigenvalue weighted by Gasteiger charge is -2.17.